The second-order valence-corrected chi connectivity index (χ2v) is 7.96. The van der Waals surface area contributed by atoms with E-state index in [9.17, 15) is 14.4 Å². The number of halogens is 1. The van der Waals surface area contributed by atoms with Crippen LogP contribution in [0.15, 0.2) is 48.5 Å². The van der Waals surface area contributed by atoms with Gasteiger partial charge in [-0.25, -0.2) is 0 Å². The van der Waals surface area contributed by atoms with Gasteiger partial charge in [0.05, 0.1) is 18.2 Å². The first-order chi connectivity index (χ1) is 14.4. The Morgan fingerprint density at radius 1 is 1.03 bits per heavy atom. The molecule has 0 spiro atoms. The highest BCUT2D eigenvalue weighted by Gasteiger charge is 2.37. The summed E-state index contributed by atoms with van der Waals surface area (Å²) in [5.41, 5.74) is 6.59. The van der Waals surface area contributed by atoms with Gasteiger partial charge in [-0.05, 0) is 49.2 Å². The summed E-state index contributed by atoms with van der Waals surface area (Å²) in [6.07, 6.45) is 0.490. The van der Waals surface area contributed by atoms with E-state index in [1.807, 2.05) is 6.07 Å². The fourth-order valence-corrected chi connectivity index (χ4v) is 4.08. The SMILES string of the molecule is NC(=O)C1CN(C(=O)C2CCCN(C(=O)c3ccc(Cl)cc3)C2)c2ccccc2O1. The number of nitrogens with two attached hydrogens (primary N) is 1. The van der Waals surface area contributed by atoms with Crippen molar-refractivity contribution in [1.29, 1.82) is 0 Å². The number of rotatable bonds is 3. The van der Waals surface area contributed by atoms with Gasteiger partial charge in [-0.1, -0.05) is 23.7 Å². The molecular formula is C22H22ClN3O4. The van der Waals surface area contributed by atoms with Crippen molar-refractivity contribution < 1.29 is 19.1 Å². The maximum atomic E-state index is 13.4. The van der Waals surface area contributed by atoms with Crippen LogP contribution in [0.3, 0.4) is 0 Å². The van der Waals surface area contributed by atoms with Crippen LogP contribution in [0, 0.1) is 5.92 Å². The second kappa shape index (κ2) is 8.36. The summed E-state index contributed by atoms with van der Waals surface area (Å²) in [5, 5.41) is 0.563. The number of carbonyl (C=O) groups excluding carboxylic acids is 3. The van der Waals surface area contributed by atoms with Crippen molar-refractivity contribution in [3.63, 3.8) is 0 Å². The molecule has 30 heavy (non-hydrogen) atoms. The molecule has 2 N–H and O–H groups in total. The Labute approximate surface area is 179 Å². The minimum absolute atomic E-state index is 0.0623. The number of anilines is 1. The van der Waals surface area contributed by atoms with Crippen molar-refractivity contribution >= 4 is 35.0 Å². The third-order valence-electron chi connectivity index (χ3n) is 5.51. The van der Waals surface area contributed by atoms with Gasteiger partial charge in [-0.3, -0.25) is 14.4 Å². The number of primary amides is 1. The average molecular weight is 428 g/mol. The Hall–Kier alpha value is -3.06. The lowest BCUT2D eigenvalue weighted by atomic mass is 9.95. The monoisotopic (exact) mass is 427 g/mol. The lowest BCUT2D eigenvalue weighted by Gasteiger charge is -2.38. The first-order valence-corrected chi connectivity index (χ1v) is 10.2. The molecule has 4 rings (SSSR count). The molecule has 2 aromatic rings. The zero-order chi connectivity index (χ0) is 21.3. The number of fused-ring (bicyclic) bond motifs is 1. The Kier molecular flexibility index (Phi) is 5.63. The van der Waals surface area contributed by atoms with Crippen LogP contribution in [0.1, 0.15) is 23.2 Å². The van der Waals surface area contributed by atoms with Crippen LogP contribution in [-0.2, 0) is 9.59 Å². The minimum atomic E-state index is -0.903. The second-order valence-electron chi connectivity index (χ2n) is 7.52. The van der Waals surface area contributed by atoms with E-state index in [2.05, 4.69) is 0 Å². The smallest absolute Gasteiger partial charge is 0.260 e. The Bertz CT molecular complexity index is 979. The predicted molar refractivity (Wildman–Crippen MR) is 112 cm³/mol. The van der Waals surface area contributed by atoms with E-state index >= 15 is 0 Å². The van der Waals surface area contributed by atoms with Gasteiger partial charge in [0.1, 0.15) is 5.75 Å². The number of benzene rings is 2. The number of carbonyl (C=O) groups is 3. The number of nitrogens with zero attached hydrogens (tertiary/aromatic N) is 2. The molecule has 0 radical (unpaired) electrons. The number of para-hydroxylation sites is 2. The topological polar surface area (TPSA) is 92.9 Å². The summed E-state index contributed by atoms with van der Waals surface area (Å²) in [7, 11) is 0. The number of piperidine rings is 1. The maximum absolute atomic E-state index is 13.4. The van der Waals surface area contributed by atoms with E-state index in [0.29, 0.717) is 41.5 Å². The summed E-state index contributed by atoms with van der Waals surface area (Å²) in [6.45, 7) is 0.975. The van der Waals surface area contributed by atoms with Crippen LogP contribution >= 0.6 is 11.6 Å². The molecule has 1 saturated heterocycles. The van der Waals surface area contributed by atoms with Gasteiger partial charge < -0.3 is 20.3 Å². The molecule has 0 saturated carbocycles. The van der Waals surface area contributed by atoms with E-state index < -0.39 is 12.0 Å². The number of hydrogen-bond acceptors (Lipinski definition) is 4. The fraction of sp³-hybridized carbons (Fsp3) is 0.318. The van der Waals surface area contributed by atoms with Crippen molar-refractivity contribution in [3.05, 3.63) is 59.1 Å². The summed E-state index contributed by atoms with van der Waals surface area (Å²) in [6, 6.07) is 13.8. The lowest BCUT2D eigenvalue weighted by Crippen LogP contribution is -2.53. The van der Waals surface area contributed by atoms with E-state index in [0.717, 1.165) is 6.42 Å². The number of amides is 3. The number of likely N-dealkylation sites (tertiary alicyclic amines) is 1. The molecule has 2 atom stereocenters. The van der Waals surface area contributed by atoms with Crippen molar-refractivity contribution in [3.8, 4) is 5.75 Å². The normalized spacial score (nSPS) is 20.8. The van der Waals surface area contributed by atoms with Gasteiger partial charge in [0.25, 0.3) is 11.8 Å². The van der Waals surface area contributed by atoms with E-state index in [-0.39, 0.29) is 24.3 Å². The van der Waals surface area contributed by atoms with E-state index in [1.54, 1.807) is 52.3 Å². The largest absolute Gasteiger partial charge is 0.477 e. The molecule has 3 amide bonds. The zero-order valence-electron chi connectivity index (χ0n) is 16.3. The summed E-state index contributed by atoms with van der Waals surface area (Å²) < 4.78 is 5.64. The van der Waals surface area contributed by atoms with Gasteiger partial charge in [-0.15, -0.1) is 0 Å². The third kappa shape index (κ3) is 3.98. The van der Waals surface area contributed by atoms with Crippen LogP contribution in [0.5, 0.6) is 5.75 Å². The van der Waals surface area contributed by atoms with Crippen LogP contribution < -0.4 is 15.4 Å². The molecule has 2 unspecified atom stereocenters. The van der Waals surface area contributed by atoms with Gasteiger partial charge in [0.2, 0.25) is 5.91 Å². The average Bonchev–Trinajstić information content (AvgIpc) is 2.78. The molecule has 156 valence electrons. The Morgan fingerprint density at radius 3 is 2.50 bits per heavy atom. The molecule has 2 aliphatic rings. The molecule has 0 aliphatic carbocycles. The molecule has 2 aromatic carbocycles. The first kappa shape index (κ1) is 20.2. The molecular weight excluding hydrogens is 406 g/mol. The standard InChI is InChI=1S/C22H22ClN3O4/c23-16-9-7-14(8-10-16)21(28)25-11-3-4-15(12-25)22(29)26-13-19(20(24)27)30-18-6-2-1-5-17(18)26/h1-2,5-10,15,19H,3-4,11-13H2,(H2,24,27). The maximum Gasteiger partial charge on any atom is 0.260 e. The van der Waals surface area contributed by atoms with Gasteiger partial charge >= 0.3 is 0 Å². The molecule has 8 heteroatoms. The van der Waals surface area contributed by atoms with E-state index in [4.69, 9.17) is 22.1 Å². The number of ether oxygens (including phenoxy) is 1. The summed E-state index contributed by atoms with van der Waals surface area (Å²) in [4.78, 5) is 41.3. The van der Waals surface area contributed by atoms with Gasteiger partial charge in [0, 0.05) is 23.7 Å². The molecule has 2 aliphatic heterocycles. The summed E-state index contributed by atoms with van der Waals surface area (Å²) >= 11 is 5.91. The highest BCUT2D eigenvalue weighted by atomic mass is 35.5. The van der Waals surface area contributed by atoms with E-state index in [1.165, 1.54) is 0 Å². The minimum Gasteiger partial charge on any atom is -0.477 e. The van der Waals surface area contributed by atoms with Gasteiger partial charge in [-0.2, -0.15) is 0 Å². The van der Waals surface area contributed by atoms with Crippen LogP contribution in [-0.4, -0.2) is 48.4 Å². The lowest BCUT2D eigenvalue weighted by molar-refractivity contribution is -0.126. The Balaban J connectivity index is 1.53. The highest BCUT2D eigenvalue weighted by molar-refractivity contribution is 6.30. The van der Waals surface area contributed by atoms with Crippen LogP contribution in [0.4, 0.5) is 5.69 Å². The third-order valence-corrected chi connectivity index (χ3v) is 5.76. The predicted octanol–water partition coefficient (Wildman–Crippen LogP) is 2.47. The highest BCUT2D eigenvalue weighted by Crippen LogP contribution is 2.35. The molecule has 2 heterocycles. The number of hydrogen-bond donors (Lipinski definition) is 1. The quantitative estimate of drug-likeness (QED) is 0.814. The van der Waals surface area contributed by atoms with Crippen molar-refractivity contribution in [1.82, 2.24) is 4.90 Å². The molecule has 7 nitrogen and oxygen atoms in total. The molecule has 1 fully saturated rings. The fourth-order valence-electron chi connectivity index (χ4n) is 3.95. The Morgan fingerprint density at radius 2 is 1.77 bits per heavy atom. The zero-order valence-corrected chi connectivity index (χ0v) is 17.0. The van der Waals surface area contributed by atoms with Crippen molar-refractivity contribution in [2.24, 2.45) is 11.7 Å². The van der Waals surface area contributed by atoms with Crippen LogP contribution in [0.2, 0.25) is 5.02 Å². The summed E-state index contributed by atoms with van der Waals surface area (Å²) in [5.74, 6) is -0.793. The van der Waals surface area contributed by atoms with Crippen molar-refractivity contribution in [2.75, 3.05) is 24.5 Å². The van der Waals surface area contributed by atoms with Crippen LogP contribution in [0.25, 0.3) is 0 Å². The molecule has 0 aromatic heterocycles. The first-order valence-electron chi connectivity index (χ1n) is 9.85. The van der Waals surface area contributed by atoms with Gasteiger partial charge in [0.15, 0.2) is 6.10 Å². The van der Waals surface area contributed by atoms with Crippen molar-refractivity contribution in [2.45, 2.75) is 18.9 Å². The molecule has 0 bridgehead atoms.